The highest BCUT2D eigenvalue weighted by Crippen LogP contribution is 2.28. The molecule has 0 spiro atoms. The summed E-state index contributed by atoms with van der Waals surface area (Å²) in [6.45, 7) is 1.91. The lowest BCUT2D eigenvalue weighted by atomic mass is 10.3. The molecule has 1 rings (SSSR count). The van der Waals surface area contributed by atoms with Crippen molar-refractivity contribution in [2.45, 2.75) is 11.8 Å². The average molecular weight is 261 g/mol. The summed E-state index contributed by atoms with van der Waals surface area (Å²) in [4.78, 5) is 6.67. The second-order valence-corrected chi connectivity index (χ2v) is 4.65. The standard InChI is InChI=1S/C10H15NO5S/c1-4-16-11-17(12,13)10-6-5-8(14-2)7-9(10)15-3/h5-7,11H,4H2,1-3H3. The van der Waals surface area contributed by atoms with Crippen molar-refractivity contribution in [1.29, 1.82) is 0 Å². The van der Waals surface area contributed by atoms with Crippen LogP contribution in [0.1, 0.15) is 6.92 Å². The SMILES string of the molecule is CCONS(=O)(=O)c1ccc(OC)cc1OC. The van der Waals surface area contributed by atoms with Gasteiger partial charge in [-0.2, -0.15) is 0 Å². The highest BCUT2D eigenvalue weighted by atomic mass is 32.2. The molecule has 1 N–H and O–H groups in total. The van der Waals surface area contributed by atoms with Gasteiger partial charge in [-0.3, -0.25) is 4.84 Å². The Labute approximate surface area is 100 Å². The van der Waals surface area contributed by atoms with Crippen LogP contribution >= 0.6 is 0 Å². The highest BCUT2D eigenvalue weighted by molar-refractivity contribution is 7.89. The third kappa shape index (κ3) is 3.32. The molecule has 0 bridgehead atoms. The van der Waals surface area contributed by atoms with Crippen LogP contribution in [0.25, 0.3) is 0 Å². The lowest BCUT2D eigenvalue weighted by molar-refractivity contribution is 0.105. The fourth-order valence-corrected chi connectivity index (χ4v) is 2.20. The minimum Gasteiger partial charge on any atom is -0.497 e. The maximum atomic E-state index is 11.8. The van der Waals surface area contributed by atoms with Crippen LogP contribution < -0.4 is 14.4 Å². The first-order valence-corrected chi connectivity index (χ1v) is 6.39. The van der Waals surface area contributed by atoms with Crippen molar-refractivity contribution < 1.29 is 22.7 Å². The number of sulfonamides is 1. The van der Waals surface area contributed by atoms with Crippen LogP contribution in [0.3, 0.4) is 0 Å². The molecule has 0 fully saturated rings. The van der Waals surface area contributed by atoms with Gasteiger partial charge in [0, 0.05) is 6.07 Å². The molecule has 0 aromatic heterocycles. The minimum atomic E-state index is -3.74. The zero-order valence-corrected chi connectivity index (χ0v) is 10.7. The summed E-state index contributed by atoms with van der Waals surface area (Å²) in [5.41, 5.74) is 0. The molecule has 7 heteroatoms. The molecule has 0 aliphatic carbocycles. The fourth-order valence-electron chi connectivity index (χ4n) is 1.18. The monoisotopic (exact) mass is 261 g/mol. The molecular weight excluding hydrogens is 246 g/mol. The Morgan fingerprint density at radius 3 is 2.47 bits per heavy atom. The third-order valence-corrected chi connectivity index (χ3v) is 3.23. The zero-order chi connectivity index (χ0) is 12.9. The first kappa shape index (κ1) is 13.8. The first-order valence-electron chi connectivity index (χ1n) is 4.90. The number of rotatable bonds is 6. The van der Waals surface area contributed by atoms with E-state index in [9.17, 15) is 8.42 Å². The molecule has 0 radical (unpaired) electrons. The third-order valence-electron chi connectivity index (χ3n) is 1.97. The van der Waals surface area contributed by atoms with Gasteiger partial charge in [0.2, 0.25) is 0 Å². The molecule has 17 heavy (non-hydrogen) atoms. The topological polar surface area (TPSA) is 73.9 Å². The van der Waals surface area contributed by atoms with Crippen molar-refractivity contribution in [3.63, 3.8) is 0 Å². The van der Waals surface area contributed by atoms with Gasteiger partial charge in [-0.15, -0.1) is 0 Å². The van der Waals surface area contributed by atoms with Crippen molar-refractivity contribution in [2.24, 2.45) is 0 Å². The Hall–Kier alpha value is -1.31. The molecule has 0 heterocycles. The van der Waals surface area contributed by atoms with E-state index in [-0.39, 0.29) is 17.3 Å². The summed E-state index contributed by atoms with van der Waals surface area (Å²) in [5, 5.41) is 0. The summed E-state index contributed by atoms with van der Waals surface area (Å²) >= 11 is 0. The molecule has 0 saturated carbocycles. The number of methoxy groups -OCH3 is 2. The average Bonchev–Trinajstić information content (AvgIpc) is 2.35. The number of hydrogen-bond acceptors (Lipinski definition) is 5. The predicted molar refractivity (Wildman–Crippen MR) is 61.5 cm³/mol. The second kappa shape index (κ2) is 5.85. The van der Waals surface area contributed by atoms with Crippen LogP contribution in [0.15, 0.2) is 23.1 Å². The molecule has 6 nitrogen and oxygen atoms in total. The van der Waals surface area contributed by atoms with Crippen LogP contribution in [0.5, 0.6) is 11.5 Å². The van der Waals surface area contributed by atoms with E-state index in [1.165, 1.54) is 32.4 Å². The molecule has 1 aromatic carbocycles. The summed E-state index contributed by atoms with van der Waals surface area (Å²) in [7, 11) is -0.872. The number of hydrogen-bond donors (Lipinski definition) is 1. The van der Waals surface area contributed by atoms with Gasteiger partial charge in [-0.05, 0) is 19.1 Å². The Bertz CT molecular complexity index is 472. The van der Waals surface area contributed by atoms with Gasteiger partial charge in [0.05, 0.1) is 20.8 Å². The van der Waals surface area contributed by atoms with E-state index in [0.717, 1.165) is 0 Å². The summed E-state index contributed by atoms with van der Waals surface area (Å²) in [5.74, 6) is 0.703. The maximum Gasteiger partial charge on any atom is 0.266 e. The molecule has 0 unspecified atom stereocenters. The van der Waals surface area contributed by atoms with Crippen LogP contribution in [0.2, 0.25) is 0 Å². The lowest BCUT2D eigenvalue weighted by Crippen LogP contribution is -2.24. The van der Waals surface area contributed by atoms with Crippen LogP contribution in [-0.2, 0) is 14.9 Å². The van der Waals surface area contributed by atoms with Gasteiger partial charge in [-0.25, -0.2) is 8.42 Å². The molecular formula is C10H15NO5S. The Balaban J connectivity index is 3.12. The van der Waals surface area contributed by atoms with Crippen molar-refractivity contribution >= 4 is 10.0 Å². The Kier molecular flexibility index (Phi) is 4.73. The number of nitrogens with one attached hydrogen (secondary N) is 1. The van der Waals surface area contributed by atoms with E-state index >= 15 is 0 Å². The van der Waals surface area contributed by atoms with E-state index in [0.29, 0.717) is 5.75 Å². The Morgan fingerprint density at radius 1 is 1.24 bits per heavy atom. The van der Waals surface area contributed by atoms with Crippen molar-refractivity contribution in [3.05, 3.63) is 18.2 Å². The molecule has 0 saturated heterocycles. The number of benzene rings is 1. The molecule has 96 valence electrons. The van der Waals surface area contributed by atoms with Gasteiger partial charge >= 0.3 is 0 Å². The van der Waals surface area contributed by atoms with Gasteiger partial charge in [0.1, 0.15) is 16.4 Å². The van der Waals surface area contributed by atoms with Gasteiger partial charge in [0.25, 0.3) is 10.0 Å². The molecule has 0 atom stereocenters. The van der Waals surface area contributed by atoms with E-state index in [1.54, 1.807) is 6.92 Å². The van der Waals surface area contributed by atoms with E-state index in [4.69, 9.17) is 9.47 Å². The summed E-state index contributed by atoms with van der Waals surface area (Å²) < 4.78 is 33.6. The smallest absolute Gasteiger partial charge is 0.266 e. The van der Waals surface area contributed by atoms with Crippen LogP contribution in [0.4, 0.5) is 0 Å². The fraction of sp³-hybridized carbons (Fsp3) is 0.400. The quantitative estimate of drug-likeness (QED) is 0.771. The van der Waals surface area contributed by atoms with Crippen molar-refractivity contribution in [2.75, 3.05) is 20.8 Å². The molecule has 0 amide bonds. The van der Waals surface area contributed by atoms with Crippen LogP contribution in [0, 0.1) is 0 Å². The molecule has 0 aliphatic heterocycles. The van der Waals surface area contributed by atoms with Crippen molar-refractivity contribution in [3.8, 4) is 11.5 Å². The van der Waals surface area contributed by atoms with Gasteiger partial charge < -0.3 is 9.47 Å². The summed E-state index contributed by atoms with van der Waals surface area (Å²) in [6.07, 6.45) is 0. The maximum absolute atomic E-state index is 11.8. The normalized spacial score (nSPS) is 11.2. The van der Waals surface area contributed by atoms with Gasteiger partial charge in [0.15, 0.2) is 0 Å². The minimum absolute atomic E-state index is 0.00532. The lowest BCUT2D eigenvalue weighted by Gasteiger charge is -2.11. The first-order chi connectivity index (χ1) is 8.05. The van der Waals surface area contributed by atoms with E-state index in [2.05, 4.69) is 4.84 Å². The van der Waals surface area contributed by atoms with Crippen LogP contribution in [-0.4, -0.2) is 29.2 Å². The Morgan fingerprint density at radius 2 is 1.94 bits per heavy atom. The van der Waals surface area contributed by atoms with E-state index in [1.807, 2.05) is 4.89 Å². The highest BCUT2D eigenvalue weighted by Gasteiger charge is 2.20. The predicted octanol–water partition coefficient (Wildman–Crippen LogP) is 0.934. The number of ether oxygens (including phenoxy) is 2. The van der Waals surface area contributed by atoms with E-state index < -0.39 is 10.0 Å². The zero-order valence-electron chi connectivity index (χ0n) is 9.89. The second-order valence-electron chi connectivity index (χ2n) is 3.04. The largest absolute Gasteiger partial charge is 0.497 e. The van der Waals surface area contributed by atoms with Gasteiger partial charge in [-0.1, -0.05) is 4.89 Å². The molecule has 0 aliphatic rings. The molecule has 1 aromatic rings. The summed E-state index contributed by atoms with van der Waals surface area (Å²) in [6, 6.07) is 4.41. The van der Waals surface area contributed by atoms with Crippen molar-refractivity contribution in [1.82, 2.24) is 4.89 Å².